The van der Waals surface area contributed by atoms with Crippen molar-refractivity contribution in [1.29, 1.82) is 10.8 Å². The van der Waals surface area contributed by atoms with Gasteiger partial charge in [0, 0.05) is 56.7 Å². The van der Waals surface area contributed by atoms with Crippen LogP contribution in [0.5, 0.6) is 11.5 Å². The van der Waals surface area contributed by atoms with Crippen LogP contribution in [0.2, 0.25) is 5.02 Å². The molecule has 0 aliphatic carbocycles. The summed E-state index contributed by atoms with van der Waals surface area (Å²) in [6, 6.07) is 12.0. The zero-order valence-electron chi connectivity index (χ0n) is 22.1. The lowest BCUT2D eigenvalue weighted by molar-refractivity contribution is 0.132. The number of nitrogens with one attached hydrogen (secondary N) is 2. The number of anilines is 1. The maximum atomic E-state index is 10.7. The van der Waals surface area contributed by atoms with Crippen LogP contribution in [0.15, 0.2) is 54.9 Å². The van der Waals surface area contributed by atoms with Gasteiger partial charge in [0.15, 0.2) is 0 Å². The van der Waals surface area contributed by atoms with Gasteiger partial charge in [-0.2, -0.15) is 0 Å². The Labute approximate surface area is 229 Å². The molecule has 1 fully saturated rings. The minimum atomic E-state index is -0.250. The Morgan fingerprint density at radius 2 is 1.71 bits per heavy atom. The average molecular weight is 535 g/mol. The molecular formula is C29H35ClN6O2. The molecule has 0 unspecified atom stereocenters. The standard InChI is InChI=1S/C29H35ClN6O2/c1-4-34-10-12-35(13-11-34)18-20-7-8-25(24(30)14-20)36(28(31)21-6-5-9-33-17-21)29(32)23-15-22(19(2)3)26(37)16-27(23)38/h5-9,14-17,19,31-32,37-38H,4,10-13,18H2,1-3H3. The molecule has 4 rings (SSSR count). The topological polar surface area (TPSA) is 111 Å². The van der Waals surface area contributed by atoms with Crippen molar-refractivity contribution in [3.63, 3.8) is 0 Å². The zero-order valence-corrected chi connectivity index (χ0v) is 22.8. The van der Waals surface area contributed by atoms with Crippen molar-refractivity contribution < 1.29 is 10.2 Å². The summed E-state index contributed by atoms with van der Waals surface area (Å²) >= 11 is 6.82. The Morgan fingerprint density at radius 3 is 2.32 bits per heavy atom. The largest absolute Gasteiger partial charge is 0.508 e. The first kappa shape index (κ1) is 27.6. The van der Waals surface area contributed by atoms with Crippen LogP contribution in [-0.4, -0.2) is 69.4 Å². The molecular weight excluding hydrogens is 500 g/mol. The highest BCUT2D eigenvalue weighted by molar-refractivity contribution is 6.37. The highest BCUT2D eigenvalue weighted by atomic mass is 35.5. The Kier molecular flexibility index (Phi) is 8.66. The van der Waals surface area contributed by atoms with E-state index in [-0.39, 0.29) is 34.7 Å². The van der Waals surface area contributed by atoms with E-state index in [4.69, 9.17) is 22.4 Å². The number of aromatic nitrogens is 1. The van der Waals surface area contributed by atoms with Gasteiger partial charge in [-0.15, -0.1) is 0 Å². The van der Waals surface area contributed by atoms with Crippen LogP contribution in [0.1, 0.15) is 48.9 Å². The lowest BCUT2D eigenvalue weighted by atomic mass is 9.97. The molecule has 0 saturated carbocycles. The molecule has 0 atom stereocenters. The molecule has 2 aromatic carbocycles. The normalized spacial score (nSPS) is 14.6. The smallest absolute Gasteiger partial charge is 0.142 e. The van der Waals surface area contributed by atoms with Crippen LogP contribution < -0.4 is 4.90 Å². The van der Waals surface area contributed by atoms with Crippen molar-refractivity contribution in [3.05, 3.63) is 82.1 Å². The number of amidine groups is 2. The van der Waals surface area contributed by atoms with Crippen LogP contribution in [0.4, 0.5) is 5.69 Å². The number of likely N-dealkylation sites (N-methyl/N-ethyl adjacent to an activating group) is 1. The molecule has 0 radical (unpaired) electrons. The van der Waals surface area contributed by atoms with Gasteiger partial charge in [0.2, 0.25) is 0 Å². The molecule has 38 heavy (non-hydrogen) atoms. The number of halogens is 1. The Morgan fingerprint density at radius 1 is 1.00 bits per heavy atom. The van der Waals surface area contributed by atoms with Crippen molar-refractivity contribution >= 4 is 29.0 Å². The molecule has 4 N–H and O–H groups in total. The average Bonchev–Trinajstić information content (AvgIpc) is 2.90. The third-order valence-electron chi connectivity index (χ3n) is 6.98. The second-order valence-corrected chi connectivity index (χ2v) is 10.3. The number of hydrogen-bond acceptors (Lipinski definition) is 7. The number of phenols is 2. The molecule has 1 aromatic heterocycles. The first-order valence-electron chi connectivity index (χ1n) is 12.9. The highest BCUT2D eigenvalue weighted by Crippen LogP contribution is 2.36. The van der Waals surface area contributed by atoms with Crippen molar-refractivity contribution in [2.24, 2.45) is 0 Å². The van der Waals surface area contributed by atoms with Crippen molar-refractivity contribution in [2.45, 2.75) is 33.2 Å². The van der Waals surface area contributed by atoms with Gasteiger partial charge >= 0.3 is 0 Å². The van der Waals surface area contributed by atoms with E-state index >= 15 is 0 Å². The van der Waals surface area contributed by atoms with E-state index in [0.717, 1.165) is 44.8 Å². The number of rotatable bonds is 7. The number of piperazine rings is 1. The highest BCUT2D eigenvalue weighted by Gasteiger charge is 2.26. The predicted molar refractivity (Wildman–Crippen MR) is 153 cm³/mol. The summed E-state index contributed by atoms with van der Waals surface area (Å²) in [6.07, 6.45) is 3.17. The second-order valence-electron chi connectivity index (χ2n) is 9.85. The third-order valence-corrected chi connectivity index (χ3v) is 7.28. The van der Waals surface area contributed by atoms with Gasteiger partial charge in [-0.05, 0) is 53.9 Å². The van der Waals surface area contributed by atoms with E-state index in [2.05, 4.69) is 21.7 Å². The molecule has 9 heteroatoms. The summed E-state index contributed by atoms with van der Waals surface area (Å²) in [5.74, 6) is -0.462. The minimum absolute atomic E-state index is 0.00740. The Balaban J connectivity index is 1.70. The molecule has 0 amide bonds. The monoisotopic (exact) mass is 534 g/mol. The number of aromatic hydroxyl groups is 2. The van der Waals surface area contributed by atoms with Crippen LogP contribution >= 0.6 is 11.6 Å². The van der Waals surface area contributed by atoms with E-state index in [0.29, 0.717) is 21.8 Å². The van der Waals surface area contributed by atoms with E-state index in [1.165, 1.54) is 11.0 Å². The number of hydrogen-bond donors (Lipinski definition) is 4. The van der Waals surface area contributed by atoms with E-state index < -0.39 is 0 Å². The molecule has 0 bridgehead atoms. The number of benzene rings is 2. The lowest BCUT2D eigenvalue weighted by Crippen LogP contribution is -2.45. The van der Waals surface area contributed by atoms with Gasteiger partial charge < -0.3 is 15.1 Å². The SMILES string of the molecule is CCN1CCN(Cc2ccc(N(C(=N)c3cccnc3)C(=N)c3cc(C(C)C)c(O)cc3O)c(Cl)c2)CC1. The molecule has 1 saturated heterocycles. The molecule has 1 aliphatic rings. The molecule has 1 aliphatic heterocycles. The molecule has 8 nitrogen and oxygen atoms in total. The van der Waals surface area contributed by atoms with Crippen molar-refractivity contribution in [2.75, 3.05) is 37.6 Å². The van der Waals surface area contributed by atoms with E-state index in [1.807, 2.05) is 32.0 Å². The Hall–Kier alpha value is -3.46. The Bertz CT molecular complexity index is 1310. The summed E-state index contributed by atoms with van der Waals surface area (Å²) in [7, 11) is 0. The van der Waals surface area contributed by atoms with E-state index in [9.17, 15) is 10.2 Å². The van der Waals surface area contributed by atoms with Crippen LogP contribution in [0.25, 0.3) is 0 Å². The van der Waals surface area contributed by atoms with E-state index in [1.54, 1.807) is 30.6 Å². The summed E-state index contributed by atoms with van der Waals surface area (Å²) in [5.41, 5.74) is 2.78. The maximum Gasteiger partial charge on any atom is 0.142 e. The van der Waals surface area contributed by atoms with Crippen molar-refractivity contribution in [3.8, 4) is 11.5 Å². The third kappa shape index (κ3) is 5.99. The zero-order chi connectivity index (χ0) is 27.4. The second kappa shape index (κ2) is 11.9. The fraction of sp³-hybridized carbons (Fsp3) is 0.345. The molecule has 3 aromatic rings. The van der Waals surface area contributed by atoms with Crippen LogP contribution in [0.3, 0.4) is 0 Å². The quantitative estimate of drug-likeness (QED) is 0.243. The lowest BCUT2D eigenvalue weighted by Gasteiger charge is -2.34. The molecule has 2 heterocycles. The summed E-state index contributed by atoms with van der Waals surface area (Å²) < 4.78 is 0. The summed E-state index contributed by atoms with van der Waals surface area (Å²) in [5, 5.41) is 39.5. The fourth-order valence-corrected chi connectivity index (χ4v) is 4.99. The van der Waals surface area contributed by atoms with Gasteiger partial charge in [0.1, 0.15) is 23.2 Å². The first-order chi connectivity index (χ1) is 18.2. The number of nitrogens with zero attached hydrogens (tertiary/aromatic N) is 4. The summed E-state index contributed by atoms with van der Waals surface area (Å²) in [6.45, 7) is 11.9. The summed E-state index contributed by atoms with van der Waals surface area (Å²) in [4.78, 5) is 10.4. The van der Waals surface area contributed by atoms with Gasteiger partial charge in [-0.3, -0.25) is 25.6 Å². The van der Waals surface area contributed by atoms with Gasteiger partial charge in [-0.1, -0.05) is 38.4 Å². The molecule has 0 spiro atoms. The number of pyridine rings is 1. The fourth-order valence-electron chi connectivity index (χ4n) is 4.70. The van der Waals surface area contributed by atoms with Crippen LogP contribution in [0, 0.1) is 10.8 Å². The minimum Gasteiger partial charge on any atom is -0.508 e. The van der Waals surface area contributed by atoms with Gasteiger partial charge in [0.25, 0.3) is 0 Å². The van der Waals surface area contributed by atoms with Crippen molar-refractivity contribution in [1.82, 2.24) is 14.8 Å². The number of phenolic OH excluding ortho intramolecular Hbond substituents is 2. The predicted octanol–water partition coefficient (Wildman–Crippen LogP) is 5.26. The van der Waals surface area contributed by atoms with Gasteiger partial charge in [-0.25, -0.2) is 0 Å². The molecule has 200 valence electrons. The maximum absolute atomic E-state index is 10.7. The first-order valence-corrected chi connectivity index (χ1v) is 13.2. The van der Waals surface area contributed by atoms with Crippen LogP contribution in [-0.2, 0) is 6.54 Å². The van der Waals surface area contributed by atoms with Gasteiger partial charge in [0.05, 0.1) is 16.3 Å².